The molecule has 0 aliphatic heterocycles. The Bertz CT molecular complexity index is 476. The molecule has 1 unspecified atom stereocenters. The molecule has 0 aliphatic rings. The third-order valence-electron chi connectivity index (χ3n) is 1.88. The second-order valence-electron chi connectivity index (χ2n) is 3.39. The predicted molar refractivity (Wildman–Crippen MR) is 57.7 cm³/mol. The Kier molecular flexibility index (Phi) is 3.84. The topological polar surface area (TPSA) is 92.4 Å². The zero-order valence-corrected chi connectivity index (χ0v) is 9.46. The summed E-state index contributed by atoms with van der Waals surface area (Å²) >= 11 is 0. The molecule has 0 aliphatic carbocycles. The fourth-order valence-electron chi connectivity index (χ4n) is 1.10. The van der Waals surface area contributed by atoms with Gasteiger partial charge in [-0.2, -0.15) is 0 Å². The molecule has 1 aromatic carbocycles. The van der Waals surface area contributed by atoms with Crippen molar-refractivity contribution in [3.8, 4) is 0 Å². The third kappa shape index (κ3) is 2.91. The van der Waals surface area contributed by atoms with Gasteiger partial charge in [0.2, 0.25) is 10.0 Å². The van der Waals surface area contributed by atoms with Gasteiger partial charge in [0.1, 0.15) is 10.7 Å². The van der Waals surface area contributed by atoms with Gasteiger partial charge in [-0.05, 0) is 25.1 Å². The van der Waals surface area contributed by atoms with Gasteiger partial charge in [0.15, 0.2) is 0 Å². The fraction of sp³-hybridized carbons (Fsp3) is 0.333. The monoisotopic (exact) mass is 248 g/mol. The maximum Gasteiger partial charge on any atom is 0.243 e. The van der Waals surface area contributed by atoms with Crippen LogP contribution in [0.1, 0.15) is 6.92 Å². The largest absolute Gasteiger partial charge is 0.399 e. The zero-order valence-electron chi connectivity index (χ0n) is 8.64. The first-order valence-electron chi connectivity index (χ1n) is 4.55. The first-order chi connectivity index (χ1) is 7.36. The molecule has 1 atom stereocenters. The van der Waals surface area contributed by atoms with Gasteiger partial charge < -0.3 is 10.8 Å². The Hall–Kier alpha value is -1.18. The number of hydrogen-bond acceptors (Lipinski definition) is 4. The number of sulfonamides is 1. The lowest BCUT2D eigenvalue weighted by atomic mass is 10.3. The predicted octanol–water partition coefficient (Wildman–Crippen LogP) is 0.0670. The summed E-state index contributed by atoms with van der Waals surface area (Å²) < 4.78 is 38.7. The highest BCUT2D eigenvalue weighted by Crippen LogP contribution is 2.17. The maximum atomic E-state index is 13.3. The molecule has 4 N–H and O–H groups in total. The van der Waals surface area contributed by atoms with E-state index >= 15 is 0 Å². The van der Waals surface area contributed by atoms with Gasteiger partial charge in [0.05, 0.1) is 6.61 Å². The molecule has 0 bridgehead atoms. The summed E-state index contributed by atoms with van der Waals surface area (Å²) in [6, 6.07) is 2.62. The van der Waals surface area contributed by atoms with Crippen LogP contribution >= 0.6 is 0 Å². The van der Waals surface area contributed by atoms with Crippen LogP contribution in [0.5, 0.6) is 0 Å². The van der Waals surface area contributed by atoms with Crippen LogP contribution in [-0.4, -0.2) is 26.2 Å². The van der Waals surface area contributed by atoms with Crippen molar-refractivity contribution in [3.05, 3.63) is 24.0 Å². The molecule has 90 valence electrons. The average Bonchev–Trinajstić information content (AvgIpc) is 2.16. The van der Waals surface area contributed by atoms with Crippen LogP contribution < -0.4 is 10.5 Å². The van der Waals surface area contributed by atoms with Gasteiger partial charge in [0.25, 0.3) is 0 Å². The van der Waals surface area contributed by atoms with Crippen LogP contribution in [0.3, 0.4) is 0 Å². The van der Waals surface area contributed by atoms with Gasteiger partial charge in [0, 0.05) is 11.7 Å². The van der Waals surface area contributed by atoms with E-state index in [1.54, 1.807) is 0 Å². The van der Waals surface area contributed by atoms with Crippen LogP contribution in [-0.2, 0) is 10.0 Å². The van der Waals surface area contributed by atoms with Crippen LogP contribution in [0.15, 0.2) is 23.1 Å². The van der Waals surface area contributed by atoms with Crippen molar-refractivity contribution < 1.29 is 17.9 Å². The van der Waals surface area contributed by atoms with Crippen molar-refractivity contribution in [2.75, 3.05) is 12.3 Å². The average molecular weight is 248 g/mol. The number of nitrogen functional groups attached to an aromatic ring is 1. The van der Waals surface area contributed by atoms with Crippen LogP contribution in [0.2, 0.25) is 0 Å². The number of nitrogens with two attached hydrogens (primary N) is 1. The summed E-state index contributed by atoms with van der Waals surface area (Å²) in [5, 5.41) is 8.72. The highest BCUT2D eigenvalue weighted by molar-refractivity contribution is 7.89. The van der Waals surface area contributed by atoms with Crippen molar-refractivity contribution in [2.24, 2.45) is 0 Å². The van der Waals surface area contributed by atoms with E-state index in [1.165, 1.54) is 13.0 Å². The maximum absolute atomic E-state index is 13.3. The second kappa shape index (κ2) is 4.77. The fourth-order valence-corrected chi connectivity index (χ4v) is 2.39. The summed E-state index contributed by atoms with van der Waals surface area (Å²) in [4.78, 5) is -0.484. The Labute approximate surface area is 93.1 Å². The van der Waals surface area contributed by atoms with E-state index in [0.29, 0.717) is 0 Å². The number of anilines is 1. The SMILES string of the molecule is CC(CO)NS(=O)(=O)c1ccc(N)cc1F. The number of aliphatic hydroxyl groups is 1. The van der Waals surface area contributed by atoms with Gasteiger partial charge in [-0.25, -0.2) is 17.5 Å². The molecule has 1 rings (SSSR count). The van der Waals surface area contributed by atoms with Crippen molar-refractivity contribution >= 4 is 15.7 Å². The number of aliphatic hydroxyl groups excluding tert-OH is 1. The molecular formula is C9H13FN2O3S. The molecule has 0 radical (unpaired) electrons. The lowest BCUT2D eigenvalue weighted by molar-refractivity contribution is 0.265. The molecule has 0 spiro atoms. The highest BCUT2D eigenvalue weighted by atomic mass is 32.2. The Morgan fingerprint density at radius 1 is 1.56 bits per heavy atom. The number of benzene rings is 1. The Balaban J connectivity index is 3.08. The molecule has 0 heterocycles. The molecular weight excluding hydrogens is 235 g/mol. The summed E-state index contributed by atoms with van der Waals surface area (Å²) in [6.45, 7) is 1.10. The second-order valence-corrected chi connectivity index (χ2v) is 5.08. The molecule has 7 heteroatoms. The standard InChI is InChI=1S/C9H13FN2O3S/c1-6(5-13)12-16(14,15)9-3-2-7(11)4-8(9)10/h2-4,6,12-13H,5,11H2,1H3. The van der Waals surface area contributed by atoms with E-state index in [0.717, 1.165) is 12.1 Å². The van der Waals surface area contributed by atoms with Crippen LogP contribution in [0, 0.1) is 5.82 Å². The Morgan fingerprint density at radius 3 is 2.69 bits per heavy atom. The van der Waals surface area contributed by atoms with E-state index in [4.69, 9.17) is 10.8 Å². The minimum Gasteiger partial charge on any atom is -0.399 e. The number of halogens is 1. The van der Waals surface area contributed by atoms with E-state index < -0.39 is 26.8 Å². The number of hydrogen-bond donors (Lipinski definition) is 3. The zero-order chi connectivity index (χ0) is 12.3. The molecule has 16 heavy (non-hydrogen) atoms. The molecule has 0 fully saturated rings. The summed E-state index contributed by atoms with van der Waals surface area (Å²) in [5.41, 5.74) is 5.45. The molecule has 0 amide bonds. The molecule has 5 nitrogen and oxygen atoms in total. The summed E-state index contributed by atoms with van der Waals surface area (Å²) in [5.74, 6) is -0.919. The minimum absolute atomic E-state index is 0.145. The Morgan fingerprint density at radius 2 is 2.19 bits per heavy atom. The van der Waals surface area contributed by atoms with E-state index in [1.807, 2.05) is 0 Å². The smallest absolute Gasteiger partial charge is 0.243 e. The van der Waals surface area contributed by atoms with Crippen LogP contribution in [0.25, 0.3) is 0 Å². The normalized spacial score (nSPS) is 13.7. The quantitative estimate of drug-likeness (QED) is 0.657. The van der Waals surface area contributed by atoms with Gasteiger partial charge in [-0.1, -0.05) is 0 Å². The number of rotatable bonds is 4. The van der Waals surface area contributed by atoms with E-state index in [-0.39, 0.29) is 12.3 Å². The molecule has 0 aromatic heterocycles. The first-order valence-corrected chi connectivity index (χ1v) is 6.03. The minimum atomic E-state index is -3.96. The molecule has 1 aromatic rings. The van der Waals surface area contributed by atoms with Crippen LogP contribution in [0.4, 0.5) is 10.1 Å². The number of nitrogens with one attached hydrogen (secondary N) is 1. The summed E-state index contributed by atoms with van der Waals surface area (Å²) in [7, 11) is -3.96. The van der Waals surface area contributed by atoms with Crippen molar-refractivity contribution in [2.45, 2.75) is 17.9 Å². The van der Waals surface area contributed by atoms with Gasteiger partial charge in [-0.15, -0.1) is 0 Å². The molecule has 0 saturated carbocycles. The summed E-state index contributed by atoms with van der Waals surface area (Å²) in [6.07, 6.45) is 0. The van der Waals surface area contributed by atoms with Crippen molar-refractivity contribution in [3.63, 3.8) is 0 Å². The van der Waals surface area contributed by atoms with E-state index in [2.05, 4.69) is 4.72 Å². The first kappa shape index (κ1) is 12.9. The molecule has 0 saturated heterocycles. The lowest BCUT2D eigenvalue weighted by Crippen LogP contribution is -2.35. The van der Waals surface area contributed by atoms with Gasteiger partial charge >= 0.3 is 0 Å². The van der Waals surface area contributed by atoms with Gasteiger partial charge in [-0.3, -0.25) is 0 Å². The van der Waals surface area contributed by atoms with Crippen molar-refractivity contribution in [1.29, 1.82) is 0 Å². The third-order valence-corrected chi connectivity index (χ3v) is 3.50. The van der Waals surface area contributed by atoms with E-state index in [9.17, 15) is 12.8 Å². The highest BCUT2D eigenvalue weighted by Gasteiger charge is 2.20. The lowest BCUT2D eigenvalue weighted by Gasteiger charge is -2.12. The van der Waals surface area contributed by atoms with Crippen molar-refractivity contribution in [1.82, 2.24) is 4.72 Å².